The van der Waals surface area contributed by atoms with Crippen molar-refractivity contribution in [2.75, 3.05) is 0 Å². The van der Waals surface area contributed by atoms with Crippen LogP contribution in [0.1, 0.15) is 58.8 Å². The minimum atomic E-state index is -1.72. The van der Waals surface area contributed by atoms with Crippen LogP contribution in [0.15, 0.2) is 35.1 Å². The highest BCUT2D eigenvalue weighted by atomic mass is 16.7. The van der Waals surface area contributed by atoms with Gasteiger partial charge in [0.05, 0.1) is 0 Å². The van der Waals surface area contributed by atoms with Crippen LogP contribution < -0.4 is 0 Å². The maximum absolute atomic E-state index is 9.36. The summed E-state index contributed by atoms with van der Waals surface area (Å²) in [7, 11) is 0. The van der Waals surface area contributed by atoms with Crippen LogP contribution in [0.3, 0.4) is 0 Å². The lowest BCUT2D eigenvalue weighted by molar-refractivity contribution is -0.222. The first-order chi connectivity index (χ1) is 10.9. The van der Waals surface area contributed by atoms with E-state index in [2.05, 4.69) is 32.1 Å². The molecule has 4 aliphatic carbocycles. The van der Waals surface area contributed by atoms with Crippen LogP contribution in [0.5, 0.6) is 0 Å². The number of allylic oxidation sites excluding steroid dienone is 5. The Balaban J connectivity index is 1.80. The zero-order valence-corrected chi connectivity index (χ0v) is 14.2. The highest BCUT2D eigenvalue weighted by Crippen LogP contribution is 2.62. The van der Waals surface area contributed by atoms with E-state index in [9.17, 15) is 10.2 Å². The Labute approximate surface area is 138 Å². The van der Waals surface area contributed by atoms with Gasteiger partial charge in [0.2, 0.25) is 0 Å². The topological polar surface area (TPSA) is 49.7 Å². The lowest BCUT2D eigenvalue weighted by Gasteiger charge is -2.52. The van der Waals surface area contributed by atoms with E-state index in [1.165, 1.54) is 37.7 Å². The Morgan fingerprint density at radius 3 is 2.83 bits per heavy atom. The van der Waals surface area contributed by atoms with E-state index < -0.39 is 6.48 Å². The zero-order valence-electron chi connectivity index (χ0n) is 14.2. The number of fused-ring (bicyclic) bond motifs is 4. The van der Waals surface area contributed by atoms with Gasteiger partial charge in [-0.05, 0) is 69.3 Å². The molecule has 2 N–H and O–H groups in total. The molecule has 0 fully saturated rings. The zero-order chi connectivity index (χ0) is 16.2. The minimum absolute atomic E-state index is 0.146. The summed E-state index contributed by atoms with van der Waals surface area (Å²) in [6.07, 6.45) is 15.0. The number of aliphatic hydroxyl groups excluding tert-OH is 1. The van der Waals surface area contributed by atoms with Crippen LogP contribution in [0, 0.1) is 22.7 Å². The third-order valence-electron chi connectivity index (χ3n) is 7.17. The second-order valence-corrected chi connectivity index (χ2v) is 8.30. The Morgan fingerprint density at radius 1 is 1.22 bits per heavy atom. The van der Waals surface area contributed by atoms with E-state index >= 15 is 0 Å². The third-order valence-corrected chi connectivity index (χ3v) is 7.17. The fourth-order valence-electron chi connectivity index (χ4n) is 5.84. The van der Waals surface area contributed by atoms with Gasteiger partial charge in [-0.15, -0.1) is 0 Å². The van der Waals surface area contributed by atoms with Crippen molar-refractivity contribution < 1.29 is 14.9 Å². The largest absolute Gasteiger partial charge is 0.445 e. The summed E-state index contributed by atoms with van der Waals surface area (Å²) < 4.78 is 5.47. The maximum atomic E-state index is 9.36. The van der Waals surface area contributed by atoms with Crippen molar-refractivity contribution >= 4 is 0 Å². The van der Waals surface area contributed by atoms with Crippen molar-refractivity contribution in [3.63, 3.8) is 0 Å². The Kier molecular flexibility index (Phi) is 3.51. The van der Waals surface area contributed by atoms with E-state index in [-0.39, 0.29) is 5.41 Å². The normalized spacial score (nSPS) is 42.2. The highest BCUT2D eigenvalue weighted by Gasteiger charge is 2.52. The van der Waals surface area contributed by atoms with Crippen molar-refractivity contribution in [1.29, 1.82) is 0 Å². The van der Waals surface area contributed by atoms with Gasteiger partial charge in [0.15, 0.2) is 0 Å². The molecular formula is C20H28O3. The summed E-state index contributed by atoms with van der Waals surface area (Å²) in [5, 5.41) is 18.7. The first kappa shape index (κ1) is 15.5. The minimum Gasteiger partial charge on any atom is -0.445 e. The molecule has 4 rings (SSSR count). The SMILES string of the molecule is C[C@]12C(OC(O)O)=CCCC1CCC1=C2CC[C@]2(C)CC=C[C@@H]12. The molecule has 0 saturated carbocycles. The van der Waals surface area contributed by atoms with Gasteiger partial charge in [0, 0.05) is 11.3 Å². The van der Waals surface area contributed by atoms with Gasteiger partial charge in [0.1, 0.15) is 5.76 Å². The van der Waals surface area contributed by atoms with Crippen LogP contribution >= 0.6 is 0 Å². The summed E-state index contributed by atoms with van der Waals surface area (Å²) in [5.74, 6) is 1.93. The fraction of sp³-hybridized carbons (Fsp3) is 0.700. The van der Waals surface area contributed by atoms with Crippen LogP contribution in [0.2, 0.25) is 0 Å². The predicted molar refractivity (Wildman–Crippen MR) is 89.1 cm³/mol. The average Bonchev–Trinajstić information content (AvgIpc) is 2.89. The molecule has 3 heteroatoms. The molecule has 0 radical (unpaired) electrons. The van der Waals surface area contributed by atoms with Gasteiger partial charge in [-0.3, -0.25) is 0 Å². The first-order valence-electron chi connectivity index (χ1n) is 9.07. The molecule has 0 spiro atoms. The van der Waals surface area contributed by atoms with Crippen molar-refractivity contribution in [3.05, 3.63) is 35.1 Å². The van der Waals surface area contributed by atoms with Gasteiger partial charge < -0.3 is 14.9 Å². The van der Waals surface area contributed by atoms with Crippen molar-refractivity contribution in [1.82, 2.24) is 0 Å². The summed E-state index contributed by atoms with van der Waals surface area (Å²) in [6.45, 7) is 2.99. The molecule has 0 aromatic heterocycles. The second-order valence-electron chi connectivity index (χ2n) is 8.30. The molecule has 0 saturated heterocycles. The molecule has 126 valence electrons. The quantitative estimate of drug-likeness (QED) is 0.597. The predicted octanol–water partition coefficient (Wildman–Crippen LogP) is 4.04. The summed E-state index contributed by atoms with van der Waals surface area (Å²) in [5.41, 5.74) is 3.41. The monoisotopic (exact) mass is 316 g/mol. The number of aliphatic hydroxyl groups is 2. The molecule has 0 bridgehead atoms. The van der Waals surface area contributed by atoms with E-state index in [1.54, 1.807) is 5.57 Å². The van der Waals surface area contributed by atoms with E-state index in [0.29, 0.717) is 17.3 Å². The molecule has 0 aromatic rings. The molecule has 0 heterocycles. The lowest BCUT2D eigenvalue weighted by Crippen LogP contribution is -2.43. The van der Waals surface area contributed by atoms with Gasteiger partial charge in [-0.2, -0.15) is 0 Å². The van der Waals surface area contributed by atoms with Crippen LogP contribution in [0.4, 0.5) is 0 Å². The standard InChI is InChI=1S/C20H28O3/c1-19-11-4-6-15(19)14-9-8-13-5-3-7-17(23-18(21)22)20(13,2)16(14)10-12-19/h4,6-7,13,15,18,21-22H,3,5,8-12H2,1-2H3/t13?,15-,19-,20-/m0/s1. The van der Waals surface area contributed by atoms with Crippen LogP contribution in [0.25, 0.3) is 0 Å². The van der Waals surface area contributed by atoms with Crippen molar-refractivity contribution in [2.24, 2.45) is 22.7 Å². The molecule has 3 nitrogen and oxygen atoms in total. The van der Waals surface area contributed by atoms with Gasteiger partial charge in [-0.25, -0.2) is 0 Å². The number of rotatable bonds is 2. The second kappa shape index (κ2) is 5.22. The van der Waals surface area contributed by atoms with Crippen LogP contribution in [-0.2, 0) is 4.74 Å². The summed E-state index contributed by atoms with van der Waals surface area (Å²) in [6, 6.07) is 0. The van der Waals surface area contributed by atoms with Crippen molar-refractivity contribution in [3.8, 4) is 0 Å². The number of hydrogen-bond acceptors (Lipinski definition) is 3. The van der Waals surface area contributed by atoms with Crippen molar-refractivity contribution in [2.45, 2.75) is 65.3 Å². The molecule has 23 heavy (non-hydrogen) atoms. The maximum Gasteiger partial charge on any atom is 0.310 e. The van der Waals surface area contributed by atoms with E-state index in [1.807, 2.05) is 0 Å². The fourth-order valence-corrected chi connectivity index (χ4v) is 5.84. The molecule has 1 unspecified atom stereocenters. The van der Waals surface area contributed by atoms with E-state index in [4.69, 9.17) is 4.74 Å². The number of ether oxygens (including phenoxy) is 1. The van der Waals surface area contributed by atoms with Crippen LogP contribution in [-0.4, -0.2) is 16.7 Å². The first-order valence-corrected chi connectivity index (χ1v) is 9.07. The molecule has 4 atom stereocenters. The molecular weight excluding hydrogens is 288 g/mol. The van der Waals surface area contributed by atoms with Gasteiger partial charge in [-0.1, -0.05) is 30.2 Å². The molecule has 0 aromatic carbocycles. The summed E-state index contributed by atoms with van der Waals surface area (Å²) in [4.78, 5) is 0. The van der Waals surface area contributed by atoms with E-state index in [0.717, 1.165) is 18.6 Å². The Morgan fingerprint density at radius 2 is 2.04 bits per heavy atom. The number of hydrogen-bond donors (Lipinski definition) is 2. The Hall–Kier alpha value is -1.06. The highest BCUT2D eigenvalue weighted by molar-refractivity contribution is 5.41. The van der Waals surface area contributed by atoms with Gasteiger partial charge >= 0.3 is 6.48 Å². The average molecular weight is 316 g/mol. The molecule has 4 aliphatic rings. The smallest absolute Gasteiger partial charge is 0.310 e. The molecule has 0 amide bonds. The third kappa shape index (κ3) is 2.16. The van der Waals surface area contributed by atoms with Gasteiger partial charge in [0.25, 0.3) is 0 Å². The Bertz CT molecular complexity index is 600. The lowest BCUT2D eigenvalue weighted by atomic mass is 9.53. The summed E-state index contributed by atoms with van der Waals surface area (Å²) >= 11 is 0. The molecule has 0 aliphatic heterocycles.